The third-order valence-electron chi connectivity index (χ3n) is 3.45. The average molecular weight is 248 g/mol. The largest absolute Gasteiger partial charge is 0.484 e. The molecular formula is C14H20N2O2. The molecule has 4 nitrogen and oxygen atoms in total. The van der Waals surface area contributed by atoms with Crippen molar-refractivity contribution >= 4 is 11.6 Å². The first kappa shape index (κ1) is 12.7. The lowest BCUT2D eigenvalue weighted by molar-refractivity contribution is -0.119. The Balaban J connectivity index is 1.89. The predicted octanol–water partition coefficient (Wildman–Crippen LogP) is 2.15. The Morgan fingerprint density at radius 2 is 2.11 bits per heavy atom. The van der Waals surface area contributed by atoms with E-state index < -0.39 is 5.91 Å². The SMILES string of the molecule is CC1CCCC1Nc1ccc(OCC(N)=O)cc1. The number of rotatable bonds is 5. The Bertz CT molecular complexity index is 403. The standard InChI is InChI=1S/C14H20N2O2/c1-10-3-2-4-13(10)16-11-5-7-12(8-6-11)18-9-14(15)17/h5-8,10,13,16H,2-4,9H2,1H3,(H2,15,17). The lowest BCUT2D eigenvalue weighted by Crippen LogP contribution is -2.21. The fourth-order valence-corrected chi connectivity index (χ4v) is 2.38. The number of carbonyl (C=O) groups is 1. The summed E-state index contributed by atoms with van der Waals surface area (Å²) in [5, 5.41) is 3.54. The zero-order valence-electron chi connectivity index (χ0n) is 10.7. The van der Waals surface area contributed by atoms with E-state index in [2.05, 4.69) is 12.2 Å². The van der Waals surface area contributed by atoms with Crippen LogP contribution in [-0.2, 0) is 4.79 Å². The molecule has 1 fully saturated rings. The fourth-order valence-electron chi connectivity index (χ4n) is 2.38. The molecule has 0 aromatic heterocycles. The zero-order valence-corrected chi connectivity index (χ0v) is 10.7. The van der Waals surface area contributed by atoms with Crippen LogP contribution < -0.4 is 15.8 Å². The predicted molar refractivity (Wildman–Crippen MR) is 71.6 cm³/mol. The van der Waals surface area contributed by atoms with Crippen molar-refractivity contribution in [3.8, 4) is 5.75 Å². The highest BCUT2D eigenvalue weighted by Gasteiger charge is 2.22. The van der Waals surface area contributed by atoms with Gasteiger partial charge < -0.3 is 15.8 Å². The van der Waals surface area contributed by atoms with E-state index in [4.69, 9.17) is 10.5 Å². The molecule has 4 heteroatoms. The van der Waals surface area contributed by atoms with Gasteiger partial charge in [-0.3, -0.25) is 4.79 Å². The third-order valence-corrected chi connectivity index (χ3v) is 3.45. The Morgan fingerprint density at radius 3 is 2.67 bits per heavy atom. The van der Waals surface area contributed by atoms with Crippen LogP contribution in [0.5, 0.6) is 5.75 Å². The Labute approximate surface area is 108 Å². The molecule has 2 atom stereocenters. The van der Waals surface area contributed by atoms with Gasteiger partial charge >= 0.3 is 0 Å². The topological polar surface area (TPSA) is 64.3 Å². The number of hydrogen-bond acceptors (Lipinski definition) is 3. The summed E-state index contributed by atoms with van der Waals surface area (Å²) in [5.41, 5.74) is 6.12. The molecule has 0 spiro atoms. The minimum atomic E-state index is -0.461. The molecule has 1 aliphatic rings. The first-order valence-electron chi connectivity index (χ1n) is 6.43. The molecule has 98 valence electrons. The minimum Gasteiger partial charge on any atom is -0.484 e. The number of ether oxygens (including phenoxy) is 1. The molecule has 3 N–H and O–H groups in total. The van der Waals surface area contributed by atoms with Crippen molar-refractivity contribution in [2.75, 3.05) is 11.9 Å². The van der Waals surface area contributed by atoms with Crippen LogP contribution in [0.25, 0.3) is 0 Å². The molecule has 0 aliphatic heterocycles. The summed E-state index contributed by atoms with van der Waals surface area (Å²) in [5.74, 6) is 0.937. The third kappa shape index (κ3) is 3.39. The van der Waals surface area contributed by atoms with Gasteiger partial charge in [-0.25, -0.2) is 0 Å². The second kappa shape index (κ2) is 5.76. The van der Waals surface area contributed by atoms with Gasteiger partial charge in [0.25, 0.3) is 5.91 Å². The number of nitrogens with two attached hydrogens (primary N) is 1. The van der Waals surface area contributed by atoms with Crippen LogP contribution in [0.15, 0.2) is 24.3 Å². The molecular weight excluding hydrogens is 228 g/mol. The summed E-state index contributed by atoms with van der Waals surface area (Å²) in [7, 11) is 0. The van der Waals surface area contributed by atoms with E-state index in [1.165, 1.54) is 19.3 Å². The lowest BCUT2D eigenvalue weighted by Gasteiger charge is -2.18. The van der Waals surface area contributed by atoms with Crippen LogP contribution >= 0.6 is 0 Å². The fraction of sp³-hybridized carbons (Fsp3) is 0.500. The van der Waals surface area contributed by atoms with Crippen molar-refractivity contribution in [2.45, 2.75) is 32.2 Å². The van der Waals surface area contributed by atoms with E-state index in [0.29, 0.717) is 11.8 Å². The molecule has 2 unspecified atom stereocenters. The number of amides is 1. The van der Waals surface area contributed by atoms with Crippen molar-refractivity contribution in [1.29, 1.82) is 0 Å². The number of primary amides is 1. The van der Waals surface area contributed by atoms with Crippen molar-refractivity contribution in [3.63, 3.8) is 0 Å². The van der Waals surface area contributed by atoms with Gasteiger partial charge in [-0.2, -0.15) is 0 Å². The number of benzene rings is 1. The first-order valence-corrected chi connectivity index (χ1v) is 6.43. The summed E-state index contributed by atoms with van der Waals surface area (Å²) in [6.45, 7) is 2.21. The molecule has 0 radical (unpaired) electrons. The van der Waals surface area contributed by atoms with Crippen molar-refractivity contribution in [1.82, 2.24) is 0 Å². The van der Waals surface area contributed by atoms with Gasteiger partial charge in [0.2, 0.25) is 0 Å². The van der Waals surface area contributed by atoms with Gasteiger partial charge in [0.1, 0.15) is 5.75 Å². The van der Waals surface area contributed by atoms with E-state index >= 15 is 0 Å². The Kier molecular flexibility index (Phi) is 4.07. The smallest absolute Gasteiger partial charge is 0.255 e. The van der Waals surface area contributed by atoms with Crippen molar-refractivity contribution in [3.05, 3.63) is 24.3 Å². The number of hydrogen-bond donors (Lipinski definition) is 2. The van der Waals surface area contributed by atoms with Gasteiger partial charge in [-0.15, -0.1) is 0 Å². The van der Waals surface area contributed by atoms with E-state index in [1.54, 1.807) is 0 Å². The summed E-state index contributed by atoms with van der Waals surface area (Å²) < 4.78 is 5.21. The summed E-state index contributed by atoms with van der Waals surface area (Å²) in [6.07, 6.45) is 3.84. The first-order chi connectivity index (χ1) is 8.65. The monoisotopic (exact) mass is 248 g/mol. The normalized spacial score (nSPS) is 22.7. The summed E-state index contributed by atoms with van der Waals surface area (Å²) in [4.78, 5) is 10.6. The van der Waals surface area contributed by atoms with Crippen molar-refractivity contribution in [2.24, 2.45) is 11.7 Å². The maximum Gasteiger partial charge on any atom is 0.255 e. The maximum absolute atomic E-state index is 10.6. The highest BCUT2D eigenvalue weighted by Crippen LogP contribution is 2.28. The quantitative estimate of drug-likeness (QED) is 0.839. The highest BCUT2D eigenvalue weighted by atomic mass is 16.5. The molecule has 0 bridgehead atoms. The maximum atomic E-state index is 10.6. The minimum absolute atomic E-state index is 0.0770. The van der Waals surface area contributed by atoms with Crippen LogP contribution in [0, 0.1) is 5.92 Å². The molecule has 0 saturated heterocycles. The molecule has 1 saturated carbocycles. The van der Waals surface area contributed by atoms with Gasteiger partial charge in [-0.05, 0) is 43.0 Å². The highest BCUT2D eigenvalue weighted by molar-refractivity contribution is 5.75. The molecule has 0 heterocycles. The molecule has 1 aromatic carbocycles. The van der Waals surface area contributed by atoms with Gasteiger partial charge in [0.15, 0.2) is 6.61 Å². The van der Waals surface area contributed by atoms with Crippen LogP contribution in [0.4, 0.5) is 5.69 Å². The van der Waals surface area contributed by atoms with Crippen LogP contribution in [-0.4, -0.2) is 18.6 Å². The summed E-state index contributed by atoms with van der Waals surface area (Å²) in [6, 6.07) is 8.22. The van der Waals surface area contributed by atoms with Crippen LogP contribution in [0.1, 0.15) is 26.2 Å². The van der Waals surface area contributed by atoms with E-state index in [0.717, 1.165) is 11.6 Å². The van der Waals surface area contributed by atoms with E-state index in [1.807, 2.05) is 24.3 Å². The van der Waals surface area contributed by atoms with E-state index in [-0.39, 0.29) is 6.61 Å². The van der Waals surface area contributed by atoms with Gasteiger partial charge in [0, 0.05) is 11.7 Å². The second-order valence-electron chi connectivity index (χ2n) is 4.94. The zero-order chi connectivity index (χ0) is 13.0. The second-order valence-corrected chi connectivity index (χ2v) is 4.94. The Morgan fingerprint density at radius 1 is 1.39 bits per heavy atom. The summed E-state index contributed by atoms with van der Waals surface area (Å²) >= 11 is 0. The average Bonchev–Trinajstić information content (AvgIpc) is 2.74. The number of carbonyl (C=O) groups excluding carboxylic acids is 1. The van der Waals surface area contributed by atoms with Gasteiger partial charge in [-0.1, -0.05) is 13.3 Å². The molecule has 1 aromatic rings. The number of anilines is 1. The van der Waals surface area contributed by atoms with Crippen molar-refractivity contribution < 1.29 is 9.53 Å². The van der Waals surface area contributed by atoms with Crippen LogP contribution in [0.3, 0.4) is 0 Å². The molecule has 2 rings (SSSR count). The van der Waals surface area contributed by atoms with E-state index in [9.17, 15) is 4.79 Å². The van der Waals surface area contributed by atoms with Gasteiger partial charge in [0.05, 0.1) is 0 Å². The molecule has 1 aliphatic carbocycles. The lowest BCUT2D eigenvalue weighted by atomic mass is 10.1. The Hall–Kier alpha value is -1.71. The van der Waals surface area contributed by atoms with Crippen LogP contribution in [0.2, 0.25) is 0 Å². The number of nitrogens with one attached hydrogen (secondary N) is 1. The molecule has 1 amide bonds. The molecule has 18 heavy (non-hydrogen) atoms.